The van der Waals surface area contributed by atoms with Crippen LogP contribution in [0.2, 0.25) is 0 Å². The van der Waals surface area contributed by atoms with Crippen molar-refractivity contribution >= 4 is 73.1 Å². The topological polar surface area (TPSA) is 63.2 Å². The minimum absolute atomic E-state index is 0. The molecule has 0 radical (unpaired) electrons. The molecule has 5 heterocycles. The Morgan fingerprint density at radius 3 is 1.67 bits per heavy atom. The number of fused-ring (bicyclic) bond motifs is 9. The molecule has 236 valence electrons. The van der Waals surface area contributed by atoms with Gasteiger partial charge in [-0.2, -0.15) is 0 Å². The molecule has 7 heteroatoms. The van der Waals surface area contributed by atoms with Crippen molar-refractivity contribution in [3.63, 3.8) is 0 Å². The van der Waals surface area contributed by atoms with Crippen LogP contribution in [0, 0.1) is 0 Å². The smallest absolute Gasteiger partial charge is 0.656 e. The Balaban J connectivity index is 0.00000348. The van der Waals surface area contributed by atoms with Crippen molar-refractivity contribution in [1.82, 2.24) is 19.9 Å². The molecule has 3 aromatic heterocycles. The van der Waals surface area contributed by atoms with E-state index in [0.29, 0.717) is 17.0 Å². The number of nitrogens with zero attached hydrogens (tertiary/aromatic N) is 4. The molecular formula is C42H25BrN4NiO. The van der Waals surface area contributed by atoms with Gasteiger partial charge in [-0.15, -0.1) is 16.6 Å². The number of halogens is 1. The zero-order valence-electron chi connectivity index (χ0n) is 25.8. The summed E-state index contributed by atoms with van der Waals surface area (Å²) in [5, 5.41) is 2.10. The first-order valence-electron chi connectivity index (χ1n) is 15.7. The molecule has 0 unspecified atom stereocenters. The predicted molar refractivity (Wildman–Crippen MR) is 199 cm³/mol. The Morgan fingerprint density at radius 1 is 0.469 bits per heavy atom. The Morgan fingerprint density at radius 2 is 0.980 bits per heavy atom. The molecule has 0 amide bonds. The average molecular weight is 740 g/mol. The van der Waals surface area contributed by atoms with Crippen molar-refractivity contribution in [2.45, 2.75) is 0 Å². The van der Waals surface area contributed by atoms with Gasteiger partial charge in [0.25, 0.3) is 0 Å². The van der Waals surface area contributed by atoms with Crippen LogP contribution in [0.25, 0.3) is 79.4 Å². The molecule has 0 saturated heterocycles. The second kappa shape index (κ2) is 12.8. The molecule has 2 aliphatic rings. The van der Waals surface area contributed by atoms with Crippen LogP contribution in [0.1, 0.15) is 22.8 Å². The van der Waals surface area contributed by atoms with Crippen LogP contribution < -0.4 is 14.7 Å². The van der Waals surface area contributed by atoms with Crippen LogP contribution >= 0.6 is 15.9 Å². The van der Waals surface area contributed by atoms with Crippen LogP contribution in [0.5, 0.6) is 11.5 Å². The fraction of sp³-hybridized carbons (Fsp3) is 0. The maximum Gasteiger partial charge on any atom is 2.00 e. The number of benzene rings is 4. The third kappa shape index (κ3) is 5.61. The molecule has 7 aromatic rings. The third-order valence-corrected chi connectivity index (χ3v) is 9.40. The van der Waals surface area contributed by atoms with Gasteiger partial charge >= 0.3 is 16.5 Å². The number of aromatic nitrogens is 4. The molecule has 0 fully saturated rings. The van der Waals surface area contributed by atoms with E-state index in [1.54, 1.807) is 0 Å². The quantitative estimate of drug-likeness (QED) is 0.168. The second-order valence-corrected chi connectivity index (χ2v) is 12.4. The van der Waals surface area contributed by atoms with Gasteiger partial charge in [-0.05, 0) is 73.9 Å². The van der Waals surface area contributed by atoms with Crippen molar-refractivity contribution in [2.75, 3.05) is 0 Å². The van der Waals surface area contributed by atoms with Gasteiger partial charge in [0.05, 0.1) is 17.1 Å². The van der Waals surface area contributed by atoms with Crippen molar-refractivity contribution in [1.29, 1.82) is 0 Å². The molecule has 0 saturated carbocycles. The monoisotopic (exact) mass is 738 g/mol. The van der Waals surface area contributed by atoms with Crippen LogP contribution in [0.3, 0.4) is 0 Å². The van der Waals surface area contributed by atoms with Crippen molar-refractivity contribution in [3.05, 3.63) is 155 Å². The van der Waals surface area contributed by atoms with Crippen LogP contribution in [-0.2, 0) is 16.5 Å². The molecule has 9 rings (SSSR count). The maximum absolute atomic E-state index is 6.85. The largest absolute Gasteiger partial charge is 2.00 e. The molecule has 0 aliphatic carbocycles. The van der Waals surface area contributed by atoms with Crippen molar-refractivity contribution < 1.29 is 21.2 Å². The summed E-state index contributed by atoms with van der Waals surface area (Å²) in [6, 6.07) is 42.9. The Kier molecular flexibility index (Phi) is 8.08. The predicted octanol–water partition coefficient (Wildman–Crippen LogP) is 11.0. The van der Waals surface area contributed by atoms with E-state index in [0.717, 1.165) is 76.9 Å². The molecule has 0 spiro atoms. The molecule has 2 aliphatic heterocycles. The van der Waals surface area contributed by atoms with E-state index in [4.69, 9.17) is 24.7 Å². The fourth-order valence-electron chi connectivity index (χ4n) is 6.33. The van der Waals surface area contributed by atoms with E-state index in [-0.39, 0.29) is 16.5 Å². The minimum atomic E-state index is 0. The number of rotatable bonds is 4. The summed E-state index contributed by atoms with van der Waals surface area (Å²) in [4.78, 5) is 20.6. The normalized spacial score (nSPS) is 11.9. The van der Waals surface area contributed by atoms with Gasteiger partial charge in [-0.1, -0.05) is 127 Å². The SMILES string of the molecule is Brc1c2nc(c(-c3ccccc3)c3ccc([n-]3)c(Oc3cccc4ccccc34)c3nc(c(-c4ccccc4)c4ccc1[n-]4)C=C3)C=C2.[Ni+2]. The van der Waals surface area contributed by atoms with E-state index in [9.17, 15) is 0 Å². The third-order valence-electron chi connectivity index (χ3n) is 8.59. The van der Waals surface area contributed by atoms with Gasteiger partial charge in [0.15, 0.2) is 0 Å². The Bertz CT molecular complexity index is 2560. The van der Waals surface area contributed by atoms with Crippen molar-refractivity contribution in [3.8, 4) is 33.8 Å². The summed E-state index contributed by atoms with van der Waals surface area (Å²) in [6.45, 7) is 0. The van der Waals surface area contributed by atoms with Crippen LogP contribution in [-0.4, -0.2) is 9.97 Å². The van der Waals surface area contributed by atoms with Gasteiger partial charge in [-0.3, -0.25) is 0 Å². The van der Waals surface area contributed by atoms with Gasteiger partial charge in [0, 0.05) is 9.86 Å². The minimum Gasteiger partial charge on any atom is -0.656 e. The molecule has 0 atom stereocenters. The molecular weight excluding hydrogens is 715 g/mol. The van der Waals surface area contributed by atoms with Gasteiger partial charge in [-0.25, -0.2) is 9.97 Å². The van der Waals surface area contributed by atoms with E-state index >= 15 is 0 Å². The zero-order valence-corrected chi connectivity index (χ0v) is 28.4. The van der Waals surface area contributed by atoms with Crippen molar-refractivity contribution in [2.24, 2.45) is 0 Å². The van der Waals surface area contributed by atoms with Crippen LogP contribution in [0.15, 0.2) is 132 Å². The first-order valence-corrected chi connectivity index (χ1v) is 16.5. The number of hydrogen-bond acceptors (Lipinski definition) is 3. The van der Waals surface area contributed by atoms with Gasteiger partial charge in [0.1, 0.15) is 17.2 Å². The average Bonchev–Trinajstić information content (AvgIpc) is 3.97. The standard InChI is InChI=1S/C42H25BrN4O.Ni/c43-41-34-22-18-30(44-34)39(27-11-3-1-4-12-27)32-20-24-36(46-32)42(48-38-17-9-15-26-10-7-8-16-29(26)38)37-25-21-33(47-37)40(28-13-5-2-6-14-28)31-19-23-35(41)45-31;/h1-25H;/q-2;+2. The molecule has 8 bridgehead atoms. The first-order chi connectivity index (χ1) is 23.7. The first kappa shape index (κ1) is 30.8. The summed E-state index contributed by atoms with van der Waals surface area (Å²) < 4.78 is 7.67. The maximum atomic E-state index is 6.85. The summed E-state index contributed by atoms with van der Waals surface area (Å²) in [7, 11) is 0. The number of ether oxygens (including phenoxy) is 1. The second-order valence-electron chi connectivity index (χ2n) is 11.6. The molecule has 49 heavy (non-hydrogen) atoms. The fourth-order valence-corrected chi connectivity index (χ4v) is 6.77. The summed E-state index contributed by atoms with van der Waals surface area (Å²) in [5.41, 5.74) is 10.1. The summed E-state index contributed by atoms with van der Waals surface area (Å²) in [5.74, 6) is 1.30. The van der Waals surface area contributed by atoms with Gasteiger partial charge < -0.3 is 14.7 Å². The Hall–Kier alpha value is -5.49. The molecule has 4 aromatic carbocycles. The van der Waals surface area contributed by atoms with Crippen LogP contribution in [0.4, 0.5) is 0 Å². The zero-order chi connectivity index (χ0) is 32.0. The summed E-state index contributed by atoms with van der Waals surface area (Å²) in [6.07, 6.45) is 8.10. The van der Waals surface area contributed by atoms with E-state index in [2.05, 4.69) is 58.4 Å². The van der Waals surface area contributed by atoms with E-state index in [1.165, 1.54) is 0 Å². The van der Waals surface area contributed by atoms with Gasteiger partial charge in [0.2, 0.25) is 0 Å². The van der Waals surface area contributed by atoms with E-state index < -0.39 is 0 Å². The molecule has 0 N–H and O–H groups in total. The summed E-state index contributed by atoms with van der Waals surface area (Å²) >= 11 is 3.83. The molecule has 5 nitrogen and oxygen atoms in total. The Labute approximate surface area is 301 Å². The number of hydrogen-bond donors (Lipinski definition) is 0. The van der Waals surface area contributed by atoms with E-state index in [1.807, 2.05) is 109 Å².